The van der Waals surface area contributed by atoms with Crippen LogP contribution in [0.4, 0.5) is 0 Å². The van der Waals surface area contributed by atoms with Crippen molar-refractivity contribution in [3.8, 4) is 11.4 Å². The molecule has 1 N–H and O–H groups in total. The highest BCUT2D eigenvalue weighted by atomic mass is 32.2. The molecule has 0 aliphatic rings. The van der Waals surface area contributed by atoms with Gasteiger partial charge in [-0.15, -0.1) is 11.3 Å². The van der Waals surface area contributed by atoms with E-state index >= 15 is 0 Å². The highest BCUT2D eigenvalue weighted by Gasteiger charge is 2.20. The summed E-state index contributed by atoms with van der Waals surface area (Å²) >= 11 is 2.59. The Bertz CT molecular complexity index is 1390. The third kappa shape index (κ3) is 4.32. The zero-order chi connectivity index (χ0) is 22.7. The number of amides is 1. The van der Waals surface area contributed by atoms with Crippen LogP contribution >= 0.6 is 23.1 Å². The van der Waals surface area contributed by atoms with Gasteiger partial charge in [-0.05, 0) is 36.1 Å². The van der Waals surface area contributed by atoms with Gasteiger partial charge in [0.05, 0.1) is 12.8 Å². The first kappa shape index (κ1) is 21.8. The van der Waals surface area contributed by atoms with Crippen LogP contribution in [0.15, 0.2) is 68.5 Å². The number of methoxy groups -OCH3 is 1. The second-order valence-corrected chi connectivity index (χ2v) is 8.86. The number of nitrogens with zero attached hydrogens (tertiary/aromatic N) is 3. The molecule has 0 saturated carbocycles. The summed E-state index contributed by atoms with van der Waals surface area (Å²) in [6.45, 7) is 0.0172. The van der Waals surface area contributed by atoms with Gasteiger partial charge in [-0.3, -0.25) is 14.2 Å². The Hall–Kier alpha value is -3.37. The molecule has 0 spiro atoms. The van der Waals surface area contributed by atoms with Crippen molar-refractivity contribution < 1.29 is 9.53 Å². The van der Waals surface area contributed by atoms with Gasteiger partial charge < -0.3 is 10.1 Å². The Morgan fingerprint density at radius 2 is 1.94 bits per heavy atom. The quantitative estimate of drug-likeness (QED) is 0.419. The molecule has 0 aliphatic heterocycles. The predicted molar refractivity (Wildman–Crippen MR) is 126 cm³/mol. The van der Waals surface area contributed by atoms with E-state index in [1.807, 2.05) is 30.5 Å². The molecule has 2 heterocycles. The highest BCUT2D eigenvalue weighted by Crippen LogP contribution is 2.25. The number of hydrogen-bond donors (Lipinski definition) is 1. The third-order valence-corrected chi connectivity index (χ3v) is 6.80. The maximum atomic E-state index is 13.3. The van der Waals surface area contributed by atoms with Gasteiger partial charge in [0, 0.05) is 6.54 Å². The molecule has 0 unspecified atom stereocenters. The average Bonchev–Trinajstić information content (AvgIpc) is 3.26. The van der Waals surface area contributed by atoms with Gasteiger partial charge in [0.15, 0.2) is 9.99 Å². The van der Waals surface area contributed by atoms with Crippen molar-refractivity contribution in [2.24, 2.45) is 0 Å². The summed E-state index contributed by atoms with van der Waals surface area (Å²) in [5.41, 5.74) is 0.472. The van der Waals surface area contributed by atoms with Crippen LogP contribution in [0, 0.1) is 0 Å². The highest BCUT2D eigenvalue weighted by molar-refractivity contribution is 8.00. The summed E-state index contributed by atoms with van der Waals surface area (Å²) in [6.07, 6.45) is 1.84. The summed E-state index contributed by atoms with van der Waals surface area (Å²) in [4.78, 5) is 43.5. The van der Waals surface area contributed by atoms with Crippen molar-refractivity contribution in [2.75, 3.05) is 13.4 Å². The van der Waals surface area contributed by atoms with Gasteiger partial charge in [0.2, 0.25) is 5.91 Å². The lowest BCUT2D eigenvalue weighted by molar-refractivity contribution is -0.121. The zero-order valence-corrected chi connectivity index (χ0v) is 19.0. The average molecular weight is 469 g/mol. The first-order chi connectivity index (χ1) is 15.5. The smallest absolute Gasteiger partial charge is 0.337 e. The summed E-state index contributed by atoms with van der Waals surface area (Å²) in [5, 5.41) is 2.81. The molecule has 1 amide bonds. The lowest BCUT2D eigenvalue weighted by Crippen LogP contribution is -2.41. The summed E-state index contributed by atoms with van der Waals surface area (Å²) in [5.74, 6) is 0.324. The normalized spacial score (nSPS) is 10.9. The molecule has 0 radical (unpaired) electrons. The Balaban J connectivity index is 1.71. The molecule has 0 saturated heterocycles. The third-order valence-electron chi connectivity index (χ3n) is 4.78. The fraction of sp³-hybridized carbons (Fsp3) is 0.182. The number of ether oxygens (including phenoxy) is 1. The molecule has 0 bridgehead atoms. The summed E-state index contributed by atoms with van der Waals surface area (Å²) in [6, 6.07) is 16.0. The Morgan fingerprint density at radius 1 is 1.16 bits per heavy atom. The lowest BCUT2D eigenvalue weighted by Gasteiger charge is -2.12. The van der Waals surface area contributed by atoms with Gasteiger partial charge >= 0.3 is 5.69 Å². The van der Waals surface area contributed by atoms with E-state index in [9.17, 15) is 14.4 Å². The van der Waals surface area contributed by atoms with Crippen LogP contribution in [0.3, 0.4) is 0 Å². The van der Waals surface area contributed by atoms with E-state index < -0.39 is 11.2 Å². The molecule has 4 aromatic rings. The molecular formula is C22H20N4O4S2. The van der Waals surface area contributed by atoms with Crippen LogP contribution in [-0.4, -0.2) is 33.4 Å². The van der Waals surface area contributed by atoms with Crippen molar-refractivity contribution in [1.29, 1.82) is 0 Å². The molecule has 0 fully saturated rings. The molecule has 2 aromatic heterocycles. The number of thiazole rings is 1. The number of para-hydroxylation sites is 1. The van der Waals surface area contributed by atoms with Crippen molar-refractivity contribution in [3.05, 3.63) is 81.0 Å². The van der Waals surface area contributed by atoms with Crippen LogP contribution in [-0.2, 0) is 17.9 Å². The number of nitrogens with one attached hydrogen (secondary N) is 1. The molecular weight excluding hydrogens is 448 g/mol. The molecule has 8 nitrogen and oxygen atoms in total. The standard InChI is InChI=1S/C22H20N4O4S2/c1-30-16-10-6-7-14(11-16)12-23-17(27)13-25-19-18(32-21(24-19)31-2)20(28)26(22(25)29)15-8-4-3-5-9-15/h3-11H,12-13H2,1-2H3,(H,23,27). The number of fused-ring (bicyclic) bond motifs is 1. The second kappa shape index (κ2) is 9.41. The number of aromatic nitrogens is 3. The van der Waals surface area contributed by atoms with Gasteiger partial charge in [0.1, 0.15) is 17.0 Å². The number of hydrogen-bond acceptors (Lipinski definition) is 7. The number of rotatable bonds is 7. The van der Waals surface area contributed by atoms with Gasteiger partial charge in [-0.25, -0.2) is 14.3 Å². The van der Waals surface area contributed by atoms with Gasteiger partial charge in [-0.1, -0.05) is 42.1 Å². The number of thioether (sulfide) groups is 1. The van der Waals surface area contributed by atoms with E-state index in [1.54, 1.807) is 37.4 Å². The maximum Gasteiger partial charge on any atom is 0.337 e. The van der Waals surface area contributed by atoms with Gasteiger partial charge in [-0.2, -0.15) is 0 Å². The Labute approximate surface area is 191 Å². The topological polar surface area (TPSA) is 95.2 Å². The maximum absolute atomic E-state index is 13.3. The number of carbonyl (C=O) groups is 1. The minimum absolute atomic E-state index is 0.220. The fourth-order valence-electron chi connectivity index (χ4n) is 3.23. The van der Waals surface area contributed by atoms with Crippen LogP contribution in [0.25, 0.3) is 16.0 Å². The molecule has 10 heteroatoms. The molecule has 0 atom stereocenters. The largest absolute Gasteiger partial charge is 0.497 e. The first-order valence-electron chi connectivity index (χ1n) is 9.67. The lowest BCUT2D eigenvalue weighted by atomic mass is 10.2. The fourth-order valence-corrected chi connectivity index (χ4v) is 4.73. The minimum Gasteiger partial charge on any atom is -0.497 e. The van der Waals surface area contributed by atoms with E-state index in [2.05, 4.69) is 10.3 Å². The van der Waals surface area contributed by atoms with Crippen molar-refractivity contribution in [3.63, 3.8) is 0 Å². The van der Waals surface area contributed by atoms with Crippen LogP contribution in [0.2, 0.25) is 0 Å². The summed E-state index contributed by atoms with van der Waals surface area (Å²) in [7, 11) is 1.58. The molecule has 32 heavy (non-hydrogen) atoms. The minimum atomic E-state index is -0.608. The second-order valence-electron chi connectivity index (χ2n) is 6.81. The van der Waals surface area contributed by atoms with Gasteiger partial charge in [0.25, 0.3) is 5.56 Å². The molecule has 2 aromatic carbocycles. The van der Waals surface area contributed by atoms with E-state index in [-0.39, 0.29) is 24.6 Å². The molecule has 0 aliphatic carbocycles. The predicted octanol–water partition coefficient (Wildman–Crippen LogP) is 2.66. The van der Waals surface area contributed by atoms with Crippen molar-refractivity contribution in [1.82, 2.24) is 19.4 Å². The Morgan fingerprint density at radius 3 is 2.66 bits per heavy atom. The van der Waals surface area contributed by atoms with E-state index in [4.69, 9.17) is 4.74 Å². The Kier molecular flexibility index (Phi) is 6.42. The number of benzene rings is 2. The zero-order valence-electron chi connectivity index (χ0n) is 17.4. The van der Waals surface area contributed by atoms with Crippen molar-refractivity contribution >= 4 is 39.4 Å². The van der Waals surface area contributed by atoms with E-state index in [0.29, 0.717) is 20.5 Å². The van der Waals surface area contributed by atoms with E-state index in [0.717, 1.165) is 10.1 Å². The SMILES string of the molecule is COc1cccc(CNC(=O)Cn2c(=O)n(-c3ccccc3)c(=O)c3sc(SC)nc32)c1. The van der Waals surface area contributed by atoms with Crippen molar-refractivity contribution in [2.45, 2.75) is 17.4 Å². The van der Waals surface area contributed by atoms with Crippen LogP contribution in [0.1, 0.15) is 5.56 Å². The summed E-state index contributed by atoms with van der Waals surface area (Å²) < 4.78 is 8.51. The monoisotopic (exact) mass is 468 g/mol. The molecule has 164 valence electrons. The van der Waals surface area contributed by atoms with Crippen LogP contribution in [0.5, 0.6) is 5.75 Å². The number of carbonyl (C=O) groups excluding carboxylic acids is 1. The first-order valence-corrected chi connectivity index (χ1v) is 11.7. The van der Waals surface area contributed by atoms with E-state index in [1.165, 1.54) is 27.7 Å². The molecule has 4 rings (SSSR count). The van der Waals surface area contributed by atoms with Crippen LogP contribution < -0.4 is 21.3 Å².